The van der Waals surface area contributed by atoms with Gasteiger partial charge < -0.3 is 16.0 Å². The Morgan fingerprint density at radius 1 is 1.06 bits per heavy atom. The minimum Gasteiger partial charge on any atom is -0.481 e. The first kappa shape index (κ1) is 18.3. The monoisotopic (exact) mass is 275 g/mol. The molecule has 0 aliphatic heterocycles. The number of carboxylic acid groups (broad SMARTS) is 1. The zero-order valence-electron chi connectivity index (χ0n) is 8.03. The maximum absolute atomic E-state index is 12.3. The van der Waals surface area contributed by atoms with Crippen molar-refractivity contribution < 1.29 is 45.4 Å². The van der Waals surface area contributed by atoms with E-state index >= 15 is 0 Å². The summed E-state index contributed by atoms with van der Waals surface area (Å²) in [5, 5.41) is 7.94. The number of hydrogen-bond acceptors (Lipinski definition) is 3. The van der Waals surface area contributed by atoms with E-state index in [4.69, 9.17) is 5.11 Å². The van der Waals surface area contributed by atoms with E-state index in [0.717, 1.165) is 0 Å². The molecule has 0 atom stereocenters. The second kappa shape index (κ2) is 5.49. The van der Waals surface area contributed by atoms with Gasteiger partial charge in [-0.2, -0.15) is 30.7 Å². The first-order chi connectivity index (χ1) is 6.92. The highest BCUT2D eigenvalue weighted by Gasteiger charge is 2.74. The second-order valence-electron chi connectivity index (χ2n) is 2.58. The third-order valence-corrected chi connectivity index (χ3v) is 1.32. The van der Waals surface area contributed by atoms with Crippen LogP contribution in [0.3, 0.4) is 0 Å². The molecule has 4 nitrogen and oxygen atoms in total. The molecule has 104 valence electrons. The average Bonchev–Trinajstić information content (AvgIpc) is 2.00. The van der Waals surface area contributed by atoms with Gasteiger partial charge in [-0.1, -0.05) is 0 Å². The van der Waals surface area contributed by atoms with Crippen LogP contribution in [0.25, 0.3) is 0 Å². The molecule has 0 heterocycles. The van der Waals surface area contributed by atoms with E-state index in [1.54, 1.807) is 0 Å². The number of alkyl halides is 7. The van der Waals surface area contributed by atoms with Crippen molar-refractivity contribution in [2.75, 3.05) is 6.61 Å². The summed E-state index contributed by atoms with van der Waals surface area (Å²) in [6.07, 6.45) is -13.4. The van der Waals surface area contributed by atoms with Gasteiger partial charge >= 0.3 is 24.2 Å². The lowest BCUT2D eigenvalue weighted by Gasteiger charge is -2.27. The third-order valence-electron chi connectivity index (χ3n) is 1.32. The SMILES string of the molecule is N.O=C(O)CCOC(F)(F)C(F)(F)C(F)(F)F. The smallest absolute Gasteiger partial charge is 0.462 e. The molecule has 0 radical (unpaired) electrons. The molecule has 0 saturated heterocycles. The standard InChI is InChI=1S/C6H5F7O3.H3N/c7-4(8,5(9,10)11)6(12,13)16-2-1-3(14)15;/h1-2H2,(H,14,15);1H3. The number of rotatable bonds is 5. The Morgan fingerprint density at radius 3 is 1.76 bits per heavy atom. The highest BCUT2D eigenvalue weighted by molar-refractivity contribution is 5.66. The Bertz CT molecular complexity index is 265. The summed E-state index contributed by atoms with van der Waals surface area (Å²) in [5.74, 6) is -8.05. The molecule has 0 rings (SSSR count). The van der Waals surface area contributed by atoms with Crippen LogP contribution in [0.2, 0.25) is 0 Å². The summed E-state index contributed by atoms with van der Waals surface area (Å²) in [4.78, 5) is 9.80. The summed E-state index contributed by atoms with van der Waals surface area (Å²) in [6.45, 7) is -1.46. The van der Waals surface area contributed by atoms with Gasteiger partial charge in [0.1, 0.15) is 0 Å². The van der Waals surface area contributed by atoms with Gasteiger partial charge in [0.15, 0.2) is 0 Å². The van der Waals surface area contributed by atoms with E-state index in [2.05, 4.69) is 4.74 Å². The molecule has 17 heavy (non-hydrogen) atoms. The highest BCUT2D eigenvalue weighted by Crippen LogP contribution is 2.46. The van der Waals surface area contributed by atoms with Crippen molar-refractivity contribution in [2.24, 2.45) is 0 Å². The molecular formula is C6H8F7NO3. The van der Waals surface area contributed by atoms with Crippen LogP contribution in [-0.4, -0.2) is 35.9 Å². The minimum absolute atomic E-state index is 0. The van der Waals surface area contributed by atoms with E-state index in [9.17, 15) is 35.5 Å². The molecule has 11 heteroatoms. The Hall–Kier alpha value is -1.10. The summed E-state index contributed by atoms with van der Waals surface area (Å²) in [5.41, 5.74) is 0. The lowest BCUT2D eigenvalue weighted by molar-refractivity contribution is -0.423. The number of halogens is 7. The number of hydrogen-bond donors (Lipinski definition) is 2. The fourth-order valence-corrected chi connectivity index (χ4v) is 0.522. The largest absolute Gasteiger partial charge is 0.481 e. The van der Waals surface area contributed by atoms with Crippen LogP contribution in [0.1, 0.15) is 6.42 Å². The van der Waals surface area contributed by atoms with E-state index in [1.165, 1.54) is 0 Å². The molecule has 4 N–H and O–H groups in total. The first-order valence-electron chi connectivity index (χ1n) is 3.60. The van der Waals surface area contributed by atoms with E-state index in [0.29, 0.717) is 0 Å². The summed E-state index contributed by atoms with van der Waals surface area (Å²) in [7, 11) is 0. The Labute approximate surface area is 89.9 Å². The highest BCUT2D eigenvalue weighted by atomic mass is 19.4. The Kier molecular flexibility index (Phi) is 5.90. The second-order valence-corrected chi connectivity index (χ2v) is 2.58. The van der Waals surface area contributed by atoms with Crippen molar-refractivity contribution in [3.05, 3.63) is 0 Å². The molecule has 0 aromatic carbocycles. The molecule has 0 aliphatic carbocycles. The van der Waals surface area contributed by atoms with Crippen LogP contribution >= 0.6 is 0 Å². The Balaban J connectivity index is 0. The normalized spacial score (nSPS) is 13.1. The lowest BCUT2D eigenvalue weighted by atomic mass is 10.3. The zero-order valence-corrected chi connectivity index (χ0v) is 8.03. The average molecular weight is 275 g/mol. The molecule has 0 unspecified atom stereocenters. The molecule has 0 saturated carbocycles. The summed E-state index contributed by atoms with van der Waals surface area (Å²) >= 11 is 0. The number of ether oxygens (including phenoxy) is 1. The van der Waals surface area contributed by atoms with Crippen LogP contribution in [0, 0.1) is 0 Å². The van der Waals surface area contributed by atoms with Gasteiger partial charge in [0.25, 0.3) is 0 Å². The van der Waals surface area contributed by atoms with Gasteiger partial charge in [0, 0.05) is 0 Å². The fourth-order valence-electron chi connectivity index (χ4n) is 0.522. The number of carbonyl (C=O) groups is 1. The predicted molar refractivity (Wildman–Crippen MR) is 39.2 cm³/mol. The maximum atomic E-state index is 12.3. The maximum Gasteiger partial charge on any atom is 0.462 e. The molecule has 0 amide bonds. The molecular weight excluding hydrogens is 267 g/mol. The lowest BCUT2D eigenvalue weighted by Crippen LogP contribution is -2.53. The molecule has 0 aliphatic rings. The molecule has 0 aromatic heterocycles. The van der Waals surface area contributed by atoms with E-state index in [-0.39, 0.29) is 6.15 Å². The molecule has 0 spiro atoms. The molecule has 0 fully saturated rings. The van der Waals surface area contributed by atoms with Crippen molar-refractivity contribution in [3.8, 4) is 0 Å². The van der Waals surface area contributed by atoms with Crippen molar-refractivity contribution in [2.45, 2.75) is 24.6 Å². The quantitative estimate of drug-likeness (QED) is 0.755. The third kappa shape index (κ3) is 4.34. The number of carboxylic acids is 1. The van der Waals surface area contributed by atoms with Crippen molar-refractivity contribution in [1.29, 1.82) is 0 Å². The summed E-state index contributed by atoms with van der Waals surface area (Å²) < 4.78 is 86.1. The van der Waals surface area contributed by atoms with Gasteiger partial charge in [0.2, 0.25) is 0 Å². The minimum atomic E-state index is -6.49. The molecule has 0 bridgehead atoms. The van der Waals surface area contributed by atoms with Crippen LogP contribution in [0.4, 0.5) is 30.7 Å². The molecule has 0 aromatic rings. The number of aliphatic carboxylic acids is 1. The van der Waals surface area contributed by atoms with Crippen LogP contribution in [0.15, 0.2) is 0 Å². The van der Waals surface area contributed by atoms with Gasteiger partial charge in [-0.15, -0.1) is 0 Å². The fraction of sp³-hybridized carbons (Fsp3) is 0.833. The van der Waals surface area contributed by atoms with E-state index in [1.807, 2.05) is 0 Å². The van der Waals surface area contributed by atoms with Gasteiger partial charge in [-0.3, -0.25) is 4.79 Å². The van der Waals surface area contributed by atoms with Crippen LogP contribution in [0.5, 0.6) is 0 Å². The van der Waals surface area contributed by atoms with Gasteiger partial charge in [-0.25, -0.2) is 0 Å². The van der Waals surface area contributed by atoms with Crippen molar-refractivity contribution in [3.63, 3.8) is 0 Å². The van der Waals surface area contributed by atoms with E-state index < -0.39 is 37.2 Å². The first-order valence-corrected chi connectivity index (χ1v) is 3.60. The topological polar surface area (TPSA) is 81.5 Å². The summed E-state index contributed by atoms with van der Waals surface area (Å²) in [6, 6.07) is 0. The van der Waals surface area contributed by atoms with Gasteiger partial charge in [-0.05, 0) is 0 Å². The van der Waals surface area contributed by atoms with Crippen LogP contribution in [-0.2, 0) is 9.53 Å². The van der Waals surface area contributed by atoms with Crippen molar-refractivity contribution in [1.82, 2.24) is 6.15 Å². The van der Waals surface area contributed by atoms with Crippen molar-refractivity contribution >= 4 is 5.97 Å². The van der Waals surface area contributed by atoms with Gasteiger partial charge in [0.05, 0.1) is 13.0 Å². The Morgan fingerprint density at radius 2 is 1.47 bits per heavy atom. The van der Waals surface area contributed by atoms with Crippen LogP contribution < -0.4 is 6.15 Å². The predicted octanol–water partition coefficient (Wildman–Crippen LogP) is 2.43. The zero-order chi connectivity index (χ0) is 13.2.